The van der Waals surface area contributed by atoms with Crippen molar-refractivity contribution < 1.29 is 9.53 Å². The van der Waals surface area contributed by atoms with Gasteiger partial charge in [-0.25, -0.2) is 15.0 Å². The topological polar surface area (TPSA) is 80.0 Å². The average Bonchev–Trinajstić information content (AvgIpc) is 3.53. The zero-order chi connectivity index (χ0) is 23.8. The fourth-order valence-corrected chi connectivity index (χ4v) is 6.14. The third-order valence-corrected chi connectivity index (χ3v) is 7.73. The second-order valence-corrected chi connectivity index (χ2v) is 9.87. The highest BCUT2D eigenvalue weighted by molar-refractivity contribution is 8.14. The summed E-state index contributed by atoms with van der Waals surface area (Å²) in [5.74, 6) is 1.53. The molecule has 9 heteroatoms. The predicted octanol–water partition coefficient (Wildman–Crippen LogP) is 5.38. The van der Waals surface area contributed by atoms with E-state index in [1.807, 2.05) is 55.5 Å². The Kier molecular flexibility index (Phi) is 5.79. The van der Waals surface area contributed by atoms with Crippen LogP contribution >= 0.6 is 23.1 Å². The van der Waals surface area contributed by atoms with E-state index < -0.39 is 0 Å². The number of benzene rings is 2. The van der Waals surface area contributed by atoms with Crippen molar-refractivity contribution in [2.75, 3.05) is 25.4 Å². The number of amidine groups is 2. The van der Waals surface area contributed by atoms with Gasteiger partial charge in [0.1, 0.15) is 10.7 Å². The van der Waals surface area contributed by atoms with Crippen LogP contribution in [0.5, 0.6) is 0 Å². The zero-order valence-corrected chi connectivity index (χ0v) is 20.6. The molecule has 7 nitrogen and oxygen atoms in total. The number of esters is 1. The van der Waals surface area contributed by atoms with Crippen molar-refractivity contribution >= 4 is 56.0 Å². The van der Waals surface area contributed by atoms with Crippen LogP contribution in [0.2, 0.25) is 0 Å². The number of thiophene rings is 1. The maximum Gasteiger partial charge on any atom is 0.316 e. The Bertz CT molecular complexity index is 1480. The quantitative estimate of drug-likeness (QED) is 0.343. The largest absolute Gasteiger partial charge is 0.465 e. The summed E-state index contributed by atoms with van der Waals surface area (Å²) in [6.07, 6.45) is 0. The average molecular weight is 500 g/mol. The number of fused-ring (bicyclic) bond motifs is 5. The molecule has 0 radical (unpaired) electrons. The highest BCUT2D eigenvalue weighted by Crippen LogP contribution is 2.46. The summed E-state index contributed by atoms with van der Waals surface area (Å²) in [5, 5.41) is 1.67. The second-order valence-electron chi connectivity index (χ2n) is 7.93. The maximum absolute atomic E-state index is 12.0. The molecule has 0 unspecified atom stereocenters. The molecule has 0 aliphatic carbocycles. The van der Waals surface area contributed by atoms with Crippen molar-refractivity contribution in [2.45, 2.75) is 6.92 Å². The molecule has 0 amide bonds. The Hall–Kier alpha value is -3.56. The Labute approximate surface area is 210 Å². The Balaban J connectivity index is 1.55. The molecule has 2 aromatic heterocycles. The first-order valence-corrected chi connectivity index (χ1v) is 13.2. The normalized spacial score (nSPS) is 14.4. The first kappa shape index (κ1) is 21.9. The Morgan fingerprint density at radius 1 is 1.06 bits per heavy atom. The lowest BCUT2D eigenvalue weighted by atomic mass is 10.1. The van der Waals surface area contributed by atoms with Crippen molar-refractivity contribution in [1.29, 1.82) is 0 Å². The van der Waals surface area contributed by atoms with Crippen molar-refractivity contribution in [3.8, 4) is 22.6 Å². The van der Waals surface area contributed by atoms with Gasteiger partial charge in [-0.1, -0.05) is 72.4 Å². The summed E-state index contributed by atoms with van der Waals surface area (Å²) in [4.78, 5) is 35.8. The molecule has 174 valence electrons. The van der Waals surface area contributed by atoms with Crippen molar-refractivity contribution in [3.05, 3.63) is 65.5 Å². The van der Waals surface area contributed by atoms with Crippen LogP contribution in [0.25, 0.3) is 32.9 Å². The van der Waals surface area contributed by atoms with E-state index in [1.54, 1.807) is 11.3 Å². The SMILES string of the molecule is CCOC(=O)CSC1=Nc2c(sc3nc(-c4ccccc4)nc(-c4ccccc4)c23)C2=NCCN12. The number of carbonyl (C=O) groups excluding carboxylic acids is 1. The molecular weight excluding hydrogens is 478 g/mol. The van der Waals surface area contributed by atoms with Crippen LogP contribution in [0, 0.1) is 0 Å². The number of ether oxygens (including phenoxy) is 1. The number of rotatable bonds is 5. The third-order valence-electron chi connectivity index (χ3n) is 5.71. The molecule has 2 aliphatic heterocycles. The smallest absolute Gasteiger partial charge is 0.316 e. The van der Waals surface area contributed by atoms with Crippen LogP contribution in [-0.2, 0) is 9.53 Å². The standard InChI is InChI=1S/C26H21N5O2S2/c1-2-33-18(32)15-34-26-29-21-19-20(16-9-5-3-6-10-16)28-23(17-11-7-4-8-12-17)30-25(19)35-22(21)24-27-13-14-31(24)26/h3-12H,2,13-15H2,1H3. The summed E-state index contributed by atoms with van der Waals surface area (Å²) in [6, 6.07) is 20.2. The van der Waals surface area contributed by atoms with Crippen molar-refractivity contribution in [2.24, 2.45) is 9.98 Å². The molecule has 0 spiro atoms. The lowest BCUT2D eigenvalue weighted by molar-refractivity contribution is -0.139. The molecule has 4 heterocycles. The summed E-state index contributed by atoms with van der Waals surface area (Å²) < 4.78 is 5.12. The second kappa shape index (κ2) is 9.24. The molecule has 0 N–H and O–H groups in total. The Morgan fingerprint density at radius 2 is 1.80 bits per heavy atom. The molecule has 35 heavy (non-hydrogen) atoms. The molecule has 6 rings (SSSR count). The highest BCUT2D eigenvalue weighted by atomic mass is 32.2. The first-order valence-electron chi connectivity index (χ1n) is 11.4. The van der Waals surface area contributed by atoms with Crippen LogP contribution in [0.3, 0.4) is 0 Å². The number of hydrogen-bond donors (Lipinski definition) is 0. The van der Waals surface area contributed by atoms with Gasteiger partial charge in [0.05, 0.1) is 40.5 Å². The molecule has 2 aromatic carbocycles. The minimum Gasteiger partial charge on any atom is -0.465 e. The van der Waals surface area contributed by atoms with E-state index in [4.69, 9.17) is 24.7 Å². The van der Waals surface area contributed by atoms with Gasteiger partial charge >= 0.3 is 5.97 Å². The number of hydrogen-bond acceptors (Lipinski definition) is 9. The van der Waals surface area contributed by atoms with Gasteiger partial charge in [-0.15, -0.1) is 11.3 Å². The molecule has 4 aromatic rings. The number of nitrogens with zero attached hydrogens (tertiary/aromatic N) is 5. The van der Waals surface area contributed by atoms with E-state index in [0.29, 0.717) is 19.0 Å². The molecule has 0 atom stereocenters. The monoisotopic (exact) mass is 499 g/mol. The van der Waals surface area contributed by atoms with E-state index in [0.717, 1.165) is 55.2 Å². The predicted molar refractivity (Wildman–Crippen MR) is 143 cm³/mol. The fourth-order valence-electron chi connectivity index (χ4n) is 4.19. The summed E-state index contributed by atoms with van der Waals surface area (Å²) in [5.41, 5.74) is 3.64. The minimum atomic E-state index is -0.250. The van der Waals surface area contributed by atoms with Crippen LogP contribution in [0.4, 0.5) is 5.69 Å². The van der Waals surface area contributed by atoms with Gasteiger partial charge in [0.15, 0.2) is 11.0 Å². The van der Waals surface area contributed by atoms with Gasteiger partial charge in [-0.3, -0.25) is 9.79 Å². The lowest BCUT2D eigenvalue weighted by Crippen LogP contribution is -2.35. The molecule has 2 aliphatic rings. The summed E-state index contributed by atoms with van der Waals surface area (Å²) in [7, 11) is 0. The van der Waals surface area contributed by atoms with Gasteiger partial charge in [-0.05, 0) is 6.92 Å². The van der Waals surface area contributed by atoms with Crippen LogP contribution < -0.4 is 0 Å². The molecule has 0 fully saturated rings. The lowest BCUT2D eigenvalue weighted by Gasteiger charge is -2.25. The van der Waals surface area contributed by atoms with Gasteiger partial charge in [-0.2, -0.15) is 0 Å². The highest BCUT2D eigenvalue weighted by Gasteiger charge is 2.34. The summed E-state index contributed by atoms with van der Waals surface area (Å²) in [6.45, 7) is 3.60. The maximum atomic E-state index is 12.0. The molecule has 0 bridgehead atoms. The van der Waals surface area contributed by atoms with Crippen molar-refractivity contribution in [3.63, 3.8) is 0 Å². The number of aromatic nitrogens is 2. The number of carbonyl (C=O) groups is 1. The minimum absolute atomic E-state index is 0.202. The number of thioether (sulfide) groups is 1. The fraction of sp³-hybridized carbons (Fsp3) is 0.192. The third kappa shape index (κ3) is 4.00. The van der Waals surface area contributed by atoms with E-state index in [9.17, 15) is 4.79 Å². The van der Waals surface area contributed by atoms with E-state index in [1.165, 1.54) is 11.8 Å². The van der Waals surface area contributed by atoms with Gasteiger partial charge in [0, 0.05) is 17.7 Å². The van der Waals surface area contributed by atoms with E-state index in [2.05, 4.69) is 17.0 Å². The first-order chi connectivity index (χ1) is 17.2. The van der Waals surface area contributed by atoms with Crippen LogP contribution in [0.15, 0.2) is 70.6 Å². The van der Waals surface area contributed by atoms with Gasteiger partial charge < -0.3 is 9.64 Å². The van der Waals surface area contributed by atoms with Gasteiger partial charge in [0.2, 0.25) is 0 Å². The van der Waals surface area contributed by atoms with Crippen molar-refractivity contribution in [1.82, 2.24) is 14.9 Å². The zero-order valence-electron chi connectivity index (χ0n) is 19.0. The van der Waals surface area contributed by atoms with E-state index >= 15 is 0 Å². The van der Waals surface area contributed by atoms with E-state index in [-0.39, 0.29) is 11.7 Å². The van der Waals surface area contributed by atoms with Crippen LogP contribution in [0.1, 0.15) is 11.8 Å². The van der Waals surface area contributed by atoms with Crippen LogP contribution in [-0.4, -0.2) is 57.3 Å². The summed E-state index contributed by atoms with van der Waals surface area (Å²) >= 11 is 2.98. The molecular formula is C26H21N5O2S2. The van der Waals surface area contributed by atoms with Gasteiger partial charge in [0.25, 0.3) is 0 Å². The molecule has 0 saturated carbocycles. The molecule has 0 saturated heterocycles. The Morgan fingerprint density at radius 3 is 2.54 bits per heavy atom. The number of aliphatic imine (C=N–C) groups is 2.